The highest BCUT2D eigenvalue weighted by atomic mass is 35.5. The van der Waals surface area contributed by atoms with Gasteiger partial charge in [0.2, 0.25) is 0 Å². The molecule has 1 aromatic rings. The molecule has 0 saturated heterocycles. The lowest BCUT2D eigenvalue weighted by Crippen LogP contribution is -2.19. The fourth-order valence-electron chi connectivity index (χ4n) is 2.33. The zero-order valence-electron chi connectivity index (χ0n) is 10.0. The minimum absolute atomic E-state index is 0.447. The average molecular weight is 240 g/mol. The van der Waals surface area contributed by atoms with Gasteiger partial charge in [-0.2, -0.15) is 0 Å². The number of nitrogens with one attached hydrogen (secondary N) is 1. The van der Waals surface area contributed by atoms with Crippen molar-refractivity contribution < 1.29 is 0 Å². The quantitative estimate of drug-likeness (QED) is 0.804. The number of nitrogens with zero attached hydrogens (tertiary/aromatic N) is 2. The first-order valence-corrected chi connectivity index (χ1v) is 6.09. The van der Waals surface area contributed by atoms with E-state index < -0.39 is 0 Å². The van der Waals surface area contributed by atoms with Crippen LogP contribution >= 0.6 is 11.6 Å². The van der Waals surface area contributed by atoms with Crippen LogP contribution in [0, 0.1) is 12.3 Å². The Morgan fingerprint density at radius 1 is 1.44 bits per heavy atom. The summed E-state index contributed by atoms with van der Waals surface area (Å²) in [6, 6.07) is 0.514. The second-order valence-electron chi connectivity index (χ2n) is 5.39. The topological polar surface area (TPSA) is 37.8 Å². The fourth-order valence-corrected chi connectivity index (χ4v) is 2.46. The molecule has 16 heavy (non-hydrogen) atoms. The molecule has 1 aliphatic rings. The summed E-state index contributed by atoms with van der Waals surface area (Å²) in [6.07, 6.45) is 5.17. The van der Waals surface area contributed by atoms with Crippen LogP contribution in [0.3, 0.4) is 0 Å². The molecule has 1 aliphatic carbocycles. The predicted octanol–water partition coefficient (Wildman–Crippen LogP) is 3.43. The maximum atomic E-state index is 5.96. The standard InChI is InChI=1S/C12H18ClN3/c1-8-10(13)14-7-15-11(8)16-9-4-5-12(2,3)6-9/h7,9H,4-6H2,1-3H3,(H,14,15,16). The molecule has 0 spiro atoms. The van der Waals surface area contributed by atoms with E-state index in [-0.39, 0.29) is 0 Å². The SMILES string of the molecule is Cc1c(Cl)ncnc1NC1CCC(C)(C)C1. The summed E-state index contributed by atoms with van der Waals surface area (Å²) >= 11 is 5.96. The molecule has 0 aliphatic heterocycles. The summed E-state index contributed by atoms with van der Waals surface area (Å²) in [5, 5.41) is 4.01. The van der Waals surface area contributed by atoms with Gasteiger partial charge in [0.05, 0.1) is 0 Å². The van der Waals surface area contributed by atoms with Gasteiger partial charge in [-0.15, -0.1) is 0 Å². The Balaban J connectivity index is 2.08. The summed E-state index contributed by atoms with van der Waals surface area (Å²) in [5.41, 5.74) is 1.39. The largest absolute Gasteiger partial charge is 0.367 e. The van der Waals surface area contributed by atoms with E-state index in [0.29, 0.717) is 16.6 Å². The third-order valence-electron chi connectivity index (χ3n) is 3.33. The molecule has 0 amide bonds. The van der Waals surface area contributed by atoms with E-state index in [9.17, 15) is 0 Å². The van der Waals surface area contributed by atoms with Crippen LogP contribution in [-0.4, -0.2) is 16.0 Å². The van der Waals surface area contributed by atoms with Gasteiger partial charge in [0.1, 0.15) is 17.3 Å². The molecule has 2 rings (SSSR count). The molecule has 1 unspecified atom stereocenters. The minimum atomic E-state index is 0.447. The average Bonchev–Trinajstić information content (AvgIpc) is 2.53. The van der Waals surface area contributed by atoms with E-state index in [1.807, 2.05) is 6.92 Å². The first-order valence-electron chi connectivity index (χ1n) is 5.71. The third-order valence-corrected chi connectivity index (χ3v) is 3.71. The van der Waals surface area contributed by atoms with E-state index in [1.165, 1.54) is 25.6 Å². The Morgan fingerprint density at radius 2 is 2.19 bits per heavy atom. The first kappa shape index (κ1) is 11.6. The van der Waals surface area contributed by atoms with Crippen LogP contribution in [0.15, 0.2) is 6.33 Å². The molecule has 88 valence electrons. The number of aromatic nitrogens is 2. The maximum absolute atomic E-state index is 5.96. The van der Waals surface area contributed by atoms with Gasteiger partial charge in [0, 0.05) is 11.6 Å². The highest BCUT2D eigenvalue weighted by Crippen LogP contribution is 2.38. The van der Waals surface area contributed by atoms with E-state index in [2.05, 4.69) is 29.1 Å². The van der Waals surface area contributed by atoms with Crippen LogP contribution < -0.4 is 5.32 Å². The first-order chi connectivity index (χ1) is 7.48. The van der Waals surface area contributed by atoms with Crippen molar-refractivity contribution in [2.24, 2.45) is 5.41 Å². The van der Waals surface area contributed by atoms with Crippen molar-refractivity contribution >= 4 is 17.4 Å². The van der Waals surface area contributed by atoms with Gasteiger partial charge in [-0.05, 0) is 31.6 Å². The Morgan fingerprint density at radius 3 is 2.81 bits per heavy atom. The van der Waals surface area contributed by atoms with Crippen LogP contribution in [0.4, 0.5) is 5.82 Å². The molecule has 0 aromatic carbocycles. The summed E-state index contributed by atoms with van der Waals surface area (Å²) in [5.74, 6) is 0.878. The molecule has 1 saturated carbocycles. The minimum Gasteiger partial charge on any atom is -0.367 e. The number of hydrogen-bond acceptors (Lipinski definition) is 3. The van der Waals surface area contributed by atoms with Crippen molar-refractivity contribution in [1.82, 2.24) is 9.97 Å². The predicted molar refractivity (Wildman–Crippen MR) is 66.8 cm³/mol. The zero-order valence-corrected chi connectivity index (χ0v) is 10.8. The molecular formula is C12H18ClN3. The number of halogens is 1. The van der Waals surface area contributed by atoms with Crippen molar-refractivity contribution in [3.8, 4) is 0 Å². The molecule has 0 radical (unpaired) electrons. The molecule has 1 atom stereocenters. The molecule has 4 heteroatoms. The van der Waals surface area contributed by atoms with Crippen molar-refractivity contribution in [3.63, 3.8) is 0 Å². The Bertz CT molecular complexity index is 390. The van der Waals surface area contributed by atoms with Gasteiger partial charge in [-0.25, -0.2) is 9.97 Å². The van der Waals surface area contributed by atoms with Crippen molar-refractivity contribution in [2.75, 3.05) is 5.32 Å². The van der Waals surface area contributed by atoms with Gasteiger partial charge in [-0.3, -0.25) is 0 Å². The van der Waals surface area contributed by atoms with E-state index >= 15 is 0 Å². The van der Waals surface area contributed by atoms with Crippen LogP contribution in [0.5, 0.6) is 0 Å². The zero-order chi connectivity index (χ0) is 11.8. The summed E-state index contributed by atoms with van der Waals surface area (Å²) in [4.78, 5) is 8.20. The van der Waals surface area contributed by atoms with Gasteiger partial charge < -0.3 is 5.32 Å². The van der Waals surface area contributed by atoms with E-state index in [0.717, 1.165) is 11.4 Å². The van der Waals surface area contributed by atoms with Crippen LogP contribution in [0.2, 0.25) is 5.15 Å². The molecule has 3 nitrogen and oxygen atoms in total. The fraction of sp³-hybridized carbons (Fsp3) is 0.667. The Kier molecular flexibility index (Phi) is 3.06. The van der Waals surface area contributed by atoms with Gasteiger partial charge in [-0.1, -0.05) is 25.4 Å². The Hall–Kier alpha value is -0.830. The van der Waals surface area contributed by atoms with Crippen molar-refractivity contribution in [3.05, 3.63) is 17.0 Å². The van der Waals surface area contributed by atoms with Gasteiger partial charge in [0.15, 0.2) is 0 Å². The van der Waals surface area contributed by atoms with Crippen LogP contribution in [-0.2, 0) is 0 Å². The summed E-state index contributed by atoms with van der Waals surface area (Å²) in [7, 11) is 0. The molecule has 1 fully saturated rings. The highest BCUT2D eigenvalue weighted by Gasteiger charge is 2.31. The normalized spacial score (nSPS) is 23.4. The number of rotatable bonds is 2. The smallest absolute Gasteiger partial charge is 0.137 e. The van der Waals surface area contributed by atoms with Gasteiger partial charge in [0.25, 0.3) is 0 Å². The molecule has 1 heterocycles. The number of anilines is 1. The maximum Gasteiger partial charge on any atom is 0.137 e. The lowest BCUT2D eigenvalue weighted by atomic mass is 9.92. The van der Waals surface area contributed by atoms with E-state index in [1.54, 1.807) is 0 Å². The highest BCUT2D eigenvalue weighted by molar-refractivity contribution is 6.30. The lowest BCUT2D eigenvalue weighted by Gasteiger charge is -2.19. The van der Waals surface area contributed by atoms with Crippen LogP contribution in [0.25, 0.3) is 0 Å². The van der Waals surface area contributed by atoms with Crippen molar-refractivity contribution in [2.45, 2.75) is 46.1 Å². The van der Waals surface area contributed by atoms with Crippen molar-refractivity contribution in [1.29, 1.82) is 0 Å². The summed E-state index contributed by atoms with van der Waals surface area (Å²) in [6.45, 7) is 6.58. The number of hydrogen-bond donors (Lipinski definition) is 1. The molecule has 0 bridgehead atoms. The monoisotopic (exact) mass is 239 g/mol. The Labute approximate surface area is 102 Å². The van der Waals surface area contributed by atoms with Crippen LogP contribution in [0.1, 0.15) is 38.7 Å². The second kappa shape index (κ2) is 4.21. The molecule has 1 N–H and O–H groups in total. The van der Waals surface area contributed by atoms with E-state index in [4.69, 9.17) is 11.6 Å². The second-order valence-corrected chi connectivity index (χ2v) is 5.74. The van der Waals surface area contributed by atoms with Gasteiger partial charge >= 0.3 is 0 Å². The summed E-state index contributed by atoms with van der Waals surface area (Å²) < 4.78 is 0. The molecular weight excluding hydrogens is 222 g/mol. The molecule has 1 aromatic heterocycles. The lowest BCUT2D eigenvalue weighted by molar-refractivity contribution is 0.378. The third kappa shape index (κ3) is 2.46.